The molecule has 1 unspecified atom stereocenters. The van der Waals surface area contributed by atoms with Gasteiger partial charge in [-0.3, -0.25) is 4.98 Å². The van der Waals surface area contributed by atoms with E-state index in [1.54, 1.807) is 24.0 Å². The van der Waals surface area contributed by atoms with Crippen LogP contribution in [0.5, 0.6) is 5.75 Å². The van der Waals surface area contributed by atoms with Gasteiger partial charge >= 0.3 is 6.64 Å². The molecule has 0 aliphatic heterocycles. The zero-order chi connectivity index (χ0) is 11.5. The predicted octanol–water partition coefficient (Wildman–Crippen LogP) is 1.94. The summed E-state index contributed by atoms with van der Waals surface area (Å²) in [6.07, 6.45) is 1.57. The first-order valence-corrected chi connectivity index (χ1v) is 7.25. The molecule has 0 fully saturated rings. The summed E-state index contributed by atoms with van der Waals surface area (Å²) in [4.78, 5) is 14.0. The highest BCUT2D eigenvalue weighted by Gasteiger charge is 2.20. The van der Waals surface area contributed by atoms with Crippen LogP contribution in [-0.2, 0) is 11.8 Å². The highest BCUT2D eigenvalue weighted by atomic mass is 32.5. The molecule has 1 N–H and O–H groups in total. The van der Waals surface area contributed by atoms with E-state index in [1.807, 2.05) is 19.9 Å². The van der Waals surface area contributed by atoms with Gasteiger partial charge in [0.1, 0.15) is 5.75 Å². The van der Waals surface area contributed by atoms with E-state index in [9.17, 15) is 4.89 Å². The van der Waals surface area contributed by atoms with Crippen molar-refractivity contribution in [1.29, 1.82) is 0 Å². The molecule has 1 atom stereocenters. The van der Waals surface area contributed by atoms with E-state index in [0.717, 1.165) is 5.69 Å². The topological polar surface area (TPSA) is 45.6 Å². The summed E-state index contributed by atoms with van der Waals surface area (Å²) in [7, 11) is 1.74. The van der Waals surface area contributed by atoms with E-state index in [1.165, 1.54) is 0 Å². The van der Waals surface area contributed by atoms with Gasteiger partial charge < -0.3 is 9.42 Å². The first-order chi connectivity index (χ1) is 6.95. The second-order valence-corrected chi connectivity index (χ2v) is 6.46. The third kappa shape index (κ3) is 3.54. The molecular formula is C9H15N2O2PS. The average Bonchev–Trinajstić information content (AvgIpc) is 2.20. The van der Waals surface area contributed by atoms with Crippen LogP contribution in [-0.4, -0.2) is 28.1 Å². The summed E-state index contributed by atoms with van der Waals surface area (Å²) in [6, 6.07) is 3.57. The fourth-order valence-electron chi connectivity index (χ4n) is 0.894. The Morgan fingerprint density at radius 3 is 2.73 bits per heavy atom. The summed E-state index contributed by atoms with van der Waals surface area (Å²) >= 11 is 5.02. The minimum absolute atomic E-state index is 0.506. The Kier molecular flexibility index (Phi) is 4.22. The molecule has 6 heteroatoms. The number of hydrogen-bond donors (Lipinski definition) is 1. The largest absolute Gasteiger partial charge is 0.431 e. The molecule has 0 aliphatic rings. The SMILES string of the molecule is CCN(C)P(O)(=S)Oc1ccc(C)nc1. The number of rotatable bonds is 4. The zero-order valence-electron chi connectivity index (χ0n) is 9.04. The van der Waals surface area contributed by atoms with Crippen LogP contribution < -0.4 is 4.52 Å². The van der Waals surface area contributed by atoms with Crippen molar-refractivity contribution in [2.45, 2.75) is 13.8 Å². The lowest BCUT2D eigenvalue weighted by Gasteiger charge is -2.24. The quantitative estimate of drug-likeness (QED) is 0.822. The Labute approximate surface area is 95.1 Å². The monoisotopic (exact) mass is 246 g/mol. The van der Waals surface area contributed by atoms with Crippen molar-refractivity contribution in [2.24, 2.45) is 0 Å². The average molecular weight is 246 g/mol. The number of aryl methyl sites for hydroxylation is 1. The fraction of sp³-hybridized carbons (Fsp3) is 0.444. The molecule has 15 heavy (non-hydrogen) atoms. The zero-order valence-corrected chi connectivity index (χ0v) is 10.8. The molecule has 0 aromatic carbocycles. The van der Waals surface area contributed by atoms with Crippen molar-refractivity contribution in [3.8, 4) is 5.75 Å². The van der Waals surface area contributed by atoms with E-state index < -0.39 is 6.64 Å². The number of hydrogen-bond acceptors (Lipinski definition) is 3. The molecule has 1 heterocycles. The number of aromatic nitrogens is 1. The Morgan fingerprint density at radius 1 is 1.60 bits per heavy atom. The molecule has 0 saturated heterocycles. The van der Waals surface area contributed by atoms with Crippen LogP contribution in [0.1, 0.15) is 12.6 Å². The van der Waals surface area contributed by atoms with E-state index >= 15 is 0 Å². The first-order valence-electron chi connectivity index (χ1n) is 4.62. The Hall–Kier alpha value is -0.480. The maximum atomic E-state index is 9.91. The molecular weight excluding hydrogens is 231 g/mol. The number of pyridine rings is 1. The third-order valence-electron chi connectivity index (χ3n) is 2.00. The van der Waals surface area contributed by atoms with Crippen LogP contribution in [0.2, 0.25) is 0 Å². The lowest BCUT2D eigenvalue weighted by molar-refractivity contribution is 0.387. The molecule has 84 valence electrons. The highest BCUT2D eigenvalue weighted by Crippen LogP contribution is 2.45. The van der Waals surface area contributed by atoms with Crippen LogP contribution in [0, 0.1) is 6.92 Å². The van der Waals surface area contributed by atoms with Gasteiger partial charge in [0, 0.05) is 12.2 Å². The highest BCUT2D eigenvalue weighted by molar-refractivity contribution is 8.08. The minimum atomic E-state index is -2.89. The van der Waals surface area contributed by atoms with Crippen molar-refractivity contribution >= 4 is 18.4 Å². The van der Waals surface area contributed by atoms with Crippen LogP contribution in [0.15, 0.2) is 18.3 Å². The van der Waals surface area contributed by atoms with Gasteiger partial charge in [0.05, 0.1) is 6.20 Å². The molecule has 1 aromatic heterocycles. The van der Waals surface area contributed by atoms with Gasteiger partial charge in [-0.2, -0.15) is 0 Å². The molecule has 4 nitrogen and oxygen atoms in total. The molecule has 0 spiro atoms. The van der Waals surface area contributed by atoms with Crippen molar-refractivity contribution in [2.75, 3.05) is 13.6 Å². The number of nitrogens with zero attached hydrogens (tertiary/aromatic N) is 2. The first kappa shape index (κ1) is 12.6. The van der Waals surface area contributed by atoms with Crippen molar-refractivity contribution in [1.82, 2.24) is 9.65 Å². The lowest BCUT2D eigenvalue weighted by Crippen LogP contribution is -2.17. The van der Waals surface area contributed by atoms with E-state index in [0.29, 0.717) is 12.3 Å². The molecule has 1 aromatic rings. The maximum absolute atomic E-state index is 9.91. The van der Waals surface area contributed by atoms with Gasteiger partial charge in [0.25, 0.3) is 0 Å². The predicted molar refractivity (Wildman–Crippen MR) is 64.4 cm³/mol. The second-order valence-electron chi connectivity index (χ2n) is 3.19. The Balaban J connectivity index is 2.77. The van der Waals surface area contributed by atoms with Gasteiger partial charge in [0.15, 0.2) is 0 Å². The summed E-state index contributed by atoms with van der Waals surface area (Å²) in [5, 5.41) is 0. The Morgan fingerprint density at radius 2 is 2.27 bits per heavy atom. The smallest absolute Gasteiger partial charge is 0.312 e. The van der Waals surface area contributed by atoms with Crippen molar-refractivity contribution < 1.29 is 9.42 Å². The molecule has 0 aliphatic carbocycles. The minimum Gasteiger partial charge on any atom is -0.431 e. The van der Waals surface area contributed by atoms with Crippen molar-refractivity contribution in [3.05, 3.63) is 24.0 Å². The Bertz CT molecular complexity index is 369. The second kappa shape index (κ2) is 5.03. The van der Waals surface area contributed by atoms with Gasteiger partial charge in [-0.15, -0.1) is 0 Å². The van der Waals surface area contributed by atoms with E-state index in [-0.39, 0.29) is 0 Å². The van der Waals surface area contributed by atoms with Gasteiger partial charge in [-0.1, -0.05) is 6.92 Å². The standard InChI is InChI=1S/C9H15N2O2PS/c1-4-11(3)14(12,15)13-9-6-5-8(2)10-7-9/h5-7H,4H2,1-3H3,(H,12,15). The lowest BCUT2D eigenvalue weighted by atomic mass is 10.4. The van der Waals surface area contributed by atoms with Crippen LogP contribution in [0.4, 0.5) is 0 Å². The summed E-state index contributed by atoms with van der Waals surface area (Å²) in [5.74, 6) is 0.506. The van der Waals surface area contributed by atoms with Crippen LogP contribution in [0.25, 0.3) is 0 Å². The van der Waals surface area contributed by atoms with Crippen LogP contribution >= 0.6 is 6.64 Å². The van der Waals surface area contributed by atoms with Gasteiger partial charge in [-0.05, 0) is 37.9 Å². The van der Waals surface area contributed by atoms with Gasteiger partial charge in [-0.25, -0.2) is 4.67 Å². The summed E-state index contributed by atoms with van der Waals surface area (Å²) in [6.45, 7) is 1.55. The fourth-order valence-corrected chi connectivity index (χ4v) is 2.38. The van der Waals surface area contributed by atoms with Gasteiger partial charge in [0.2, 0.25) is 0 Å². The van der Waals surface area contributed by atoms with Crippen LogP contribution in [0.3, 0.4) is 0 Å². The summed E-state index contributed by atoms with van der Waals surface area (Å²) < 4.78 is 6.98. The molecule has 0 radical (unpaired) electrons. The van der Waals surface area contributed by atoms with E-state index in [4.69, 9.17) is 16.3 Å². The normalized spacial score (nSPS) is 15.0. The third-order valence-corrected chi connectivity index (χ3v) is 4.65. The van der Waals surface area contributed by atoms with E-state index in [2.05, 4.69) is 4.98 Å². The molecule has 0 bridgehead atoms. The van der Waals surface area contributed by atoms with Crippen molar-refractivity contribution in [3.63, 3.8) is 0 Å². The molecule has 0 saturated carbocycles. The maximum Gasteiger partial charge on any atom is 0.312 e. The molecule has 0 amide bonds. The summed E-state index contributed by atoms with van der Waals surface area (Å²) in [5.41, 5.74) is 0.900. The molecule has 1 rings (SSSR count).